The van der Waals surface area contributed by atoms with Crippen LogP contribution in [0.3, 0.4) is 0 Å². The van der Waals surface area contributed by atoms with Crippen molar-refractivity contribution >= 4 is 11.7 Å². The van der Waals surface area contributed by atoms with Gasteiger partial charge in [-0.15, -0.1) is 0 Å². The Hall–Kier alpha value is -1.96. The van der Waals surface area contributed by atoms with Gasteiger partial charge < -0.3 is 20.6 Å². The Morgan fingerprint density at radius 3 is 2.76 bits per heavy atom. The molecule has 1 saturated heterocycles. The third kappa shape index (κ3) is 4.55. The van der Waals surface area contributed by atoms with Crippen LogP contribution >= 0.6 is 0 Å². The van der Waals surface area contributed by atoms with Crippen molar-refractivity contribution in [1.82, 2.24) is 10.2 Å². The molecule has 1 aromatic carbocycles. The molecule has 0 aromatic heterocycles. The highest BCUT2D eigenvalue weighted by molar-refractivity contribution is 5.89. The number of ketones is 1. The number of carbonyl (C=O) groups is 2. The van der Waals surface area contributed by atoms with Crippen LogP contribution in [0, 0.1) is 18.8 Å². The van der Waals surface area contributed by atoms with Crippen LogP contribution < -0.4 is 5.32 Å². The second-order valence-corrected chi connectivity index (χ2v) is 10.5. The molecule has 33 heavy (non-hydrogen) atoms. The molecule has 1 aromatic rings. The summed E-state index contributed by atoms with van der Waals surface area (Å²) in [5, 5.41) is 34.4. The molecule has 2 saturated carbocycles. The number of aliphatic hydroxyl groups excluding tert-OH is 1. The predicted molar refractivity (Wildman–Crippen MR) is 125 cm³/mol. The molecule has 4 rings (SSSR count). The predicted octanol–water partition coefficient (Wildman–Crippen LogP) is 2.04. The number of aliphatic hydroxyl groups is 2. The lowest BCUT2D eigenvalue weighted by atomic mass is 9.51. The second kappa shape index (κ2) is 9.35. The van der Waals surface area contributed by atoms with Crippen LogP contribution in [0.1, 0.15) is 63.0 Å². The number of phenols is 1. The maximum absolute atomic E-state index is 13.4. The van der Waals surface area contributed by atoms with Gasteiger partial charge in [-0.05, 0) is 81.7 Å². The van der Waals surface area contributed by atoms with Gasteiger partial charge in [0, 0.05) is 49.9 Å². The summed E-state index contributed by atoms with van der Waals surface area (Å²) < 4.78 is 0. The fourth-order valence-corrected chi connectivity index (χ4v) is 6.24. The summed E-state index contributed by atoms with van der Waals surface area (Å²) in [5.41, 5.74) is -0.164. The normalized spacial score (nSPS) is 32.4. The number of rotatable bonds is 8. The molecule has 7 heteroatoms. The number of Topliss-reactive ketones (excluding diaryl/α,β-unsaturated/α-hetero) is 1. The van der Waals surface area contributed by atoms with Crippen molar-refractivity contribution in [2.45, 2.75) is 75.9 Å². The highest BCUT2D eigenvalue weighted by atomic mass is 16.3. The highest BCUT2D eigenvalue weighted by Crippen LogP contribution is 2.56. The van der Waals surface area contributed by atoms with Gasteiger partial charge in [-0.3, -0.25) is 14.5 Å². The van der Waals surface area contributed by atoms with Crippen LogP contribution in [-0.2, 0) is 15.0 Å². The third-order valence-corrected chi connectivity index (χ3v) is 8.40. The Balaban J connectivity index is 1.66. The lowest BCUT2D eigenvalue weighted by Crippen LogP contribution is -2.71. The van der Waals surface area contributed by atoms with Gasteiger partial charge in [-0.2, -0.15) is 0 Å². The zero-order valence-corrected chi connectivity index (χ0v) is 19.8. The van der Waals surface area contributed by atoms with E-state index < -0.39 is 16.9 Å². The number of aryl methyl sites for hydroxylation is 1. The van der Waals surface area contributed by atoms with Crippen molar-refractivity contribution < 1.29 is 24.9 Å². The summed E-state index contributed by atoms with van der Waals surface area (Å²) in [7, 11) is 0. The number of aromatic hydroxyl groups is 1. The molecular weight excluding hydrogens is 420 g/mol. The molecule has 2 unspecified atom stereocenters. The second-order valence-electron chi connectivity index (χ2n) is 10.5. The molecule has 7 nitrogen and oxygen atoms in total. The first-order valence-corrected chi connectivity index (χ1v) is 12.4. The van der Waals surface area contributed by atoms with Crippen LogP contribution in [0.4, 0.5) is 0 Å². The third-order valence-electron chi connectivity index (χ3n) is 8.40. The van der Waals surface area contributed by atoms with Gasteiger partial charge in [0.25, 0.3) is 0 Å². The van der Waals surface area contributed by atoms with E-state index in [0.717, 1.165) is 24.2 Å². The zero-order chi connectivity index (χ0) is 23.8. The molecule has 0 bridgehead atoms. The van der Waals surface area contributed by atoms with Crippen LogP contribution in [0.15, 0.2) is 18.2 Å². The zero-order valence-electron chi connectivity index (χ0n) is 19.8. The molecule has 4 N–H and O–H groups in total. The van der Waals surface area contributed by atoms with Crippen molar-refractivity contribution in [3.8, 4) is 5.75 Å². The topological polar surface area (TPSA) is 110 Å². The number of hydrogen-bond acceptors (Lipinski definition) is 6. The Morgan fingerprint density at radius 2 is 2.06 bits per heavy atom. The Kier molecular flexibility index (Phi) is 6.85. The van der Waals surface area contributed by atoms with Crippen molar-refractivity contribution in [2.24, 2.45) is 11.8 Å². The number of fused-ring (bicyclic) bond motifs is 1. The van der Waals surface area contributed by atoms with E-state index >= 15 is 0 Å². The van der Waals surface area contributed by atoms with Gasteiger partial charge in [-0.25, -0.2) is 0 Å². The van der Waals surface area contributed by atoms with Gasteiger partial charge in [0.2, 0.25) is 5.91 Å². The number of piperidine rings is 1. The molecule has 2 aliphatic carbocycles. The molecule has 182 valence electrons. The highest BCUT2D eigenvalue weighted by Gasteiger charge is 2.63. The number of likely N-dealkylation sites (tertiary alicyclic amines) is 1. The summed E-state index contributed by atoms with van der Waals surface area (Å²) in [6.45, 7) is 6.16. The first kappa shape index (κ1) is 24.2. The maximum atomic E-state index is 13.4. The number of nitrogens with one attached hydrogen (secondary N) is 1. The van der Waals surface area contributed by atoms with Gasteiger partial charge in [0.05, 0.1) is 5.60 Å². The van der Waals surface area contributed by atoms with Gasteiger partial charge in [0.1, 0.15) is 11.5 Å². The van der Waals surface area contributed by atoms with E-state index in [-0.39, 0.29) is 49.4 Å². The molecule has 4 atom stereocenters. The average Bonchev–Trinajstić information content (AvgIpc) is 3.59. The van der Waals surface area contributed by atoms with E-state index in [1.54, 1.807) is 12.1 Å². The fraction of sp³-hybridized carbons (Fsp3) is 0.692. The van der Waals surface area contributed by atoms with Crippen LogP contribution in [-0.4, -0.2) is 69.8 Å². The molecule has 1 heterocycles. The molecule has 0 radical (unpaired) electrons. The largest absolute Gasteiger partial charge is 0.508 e. The van der Waals surface area contributed by atoms with E-state index in [9.17, 15) is 19.8 Å². The summed E-state index contributed by atoms with van der Waals surface area (Å²) in [6.07, 6.45) is 4.03. The van der Waals surface area contributed by atoms with Crippen molar-refractivity contribution in [1.29, 1.82) is 0 Å². The minimum absolute atomic E-state index is 0.00238. The van der Waals surface area contributed by atoms with E-state index in [0.29, 0.717) is 25.3 Å². The maximum Gasteiger partial charge on any atom is 0.220 e. The average molecular weight is 459 g/mol. The molecule has 1 aliphatic heterocycles. The van der Waals surface area contributed by atoms with Gasteiger partial charge >= 0.3 is 0 Å². The van der Waals surface area contributed by atoms with Crippen LogP contribution in [0.5, 0.6) is 5.75 Å². The summed E-state index contributed by atoms with van der Waals surface area (Å²) in [5.74, 6) is 0.0631. The fourth-order valence-electron chi connectivity index (χ4n) is 6.24. The van der Waals surface area contributed by atoms with Gasteiger partial charge in [0.15, 0.2) is 0 Å². The quantitative estimate of drug-likeness (QED) is 0.444. The van der Waals surface area contributed by atoms with E-state index in [4.69, 9.17) is 5.11 Å². The number of benzene rings is 1. The molecular formula is C26H38N2O5. The molecule has 3 aliphatic rings. The van der Waals surface area contributed by atoms with Crippen LogP contribution in [0.25, 0.3) is 0 Å². The summed E-state index contributed by atoms with van der Waals surface area (Å²) in [6, 6.07) is 5.05. The Bertz CT molecular complexity index is 901. The first-order valence-electron chi connectivity index (χ1n) is 12.4. The molecule has 0 spiro atoms. The molecule has 1 amide bonds. The lowest BCUT2D eigenvalue weighted by molar-refractivity contribution is -0.175. The minimum atomic E-state index is -1.19. The number of hydrogen-bond donors (Lipinski definition) is 4. The minimum Gasteiger partial charge on any atom is -0.508 e. The van der Waals surface area contributed by atoms with Gasteiger partial charge in [-0.1, -0.05) is 6.07 Å². The Labute approximate surface area is 196 Å². The van der Waals surface area contributed by atoms with E-state index in [1.807, 2.05) is 13.0 Å². The van der Waals surface area contributed by atoms with Crippen molar-refractivity contribution in [2.75, 3.05) is 26.2 Å². The number of amides is 1. The number of carbonyl (C=O) groups excluding carboxylic acids is 2. The smallest absolute Gasteiger partial charge is 0.220 e. The first-order chi connectivity index (χ1) is 15.7. The Morgan fingerprint density at radius 1 is 1.30 bits per heavy atom. The van der Waals surface area contributed by atoms with Crippen LogP contribution in [0.2, 0.25) is 0 Å². The van der Waals surface area contributed by atoms with Crippen molar-refractivity contribution in [3.05, 3.63) is 29.3 Å². The number of phenolic OH excluding ortho intramolecular Hbond substituents is 1. The summed E-state index contributed by atoms with van der Waals surface area (Å²) in [4.78, 5) is 28.2. The number of nitrogens with zero attached hydrogens (tertiary/aromatic N) is 1. The van der Waals surface area contributed by atoms with E-state index in [1.165, 1.54) is 12.8 Å². The monoisotopic (exact) mass is 458 g/mol. The van der Waals surface area contributed by atoms with Crippen molar-refractivity contribution in [3.63, 3.8) is 0 Å². The SMILES string of the molecule is Cc1ccc(O)cc1[C@]12CCN(CC3CC3)C(C)C1(O)C[C@H](CC(=O)NCCCO)C(=O)C2. The lowest BCUT2D eigenvalue weighted by Gasteiger charge is -2.61. The summed E-state index contributed by atoms with van der Waals surface area (Å²) >= 11 is 0. The molecule has 3 fully saturated rings. The standard InChI is InChI=1S/C26H38N2O5/c1-17-4-7-21(30)13-22(17)25-8-10-28(16-19-5-6-19)18(2)26(25,33)14-20(23(31)15-25)12-24(32)27-9-3-11-29/h4,7,13,18-20,29-30,33H,3,5-6,8-12,14-16H2,1-2H3,(H,27,32)/t18?,20-,25+,26?/m0/s1. The van der Waals surface area contributed by atoms with E-state index in [2.05, 4.69) is 17.1 Å².